The average Bonchev–Trinajstić information content (AvgIpc) is 2.35. The minimum Gasteiger partial charge on any atom is -0.409 e. The molecule has 0 heterocycles. The molecule has 0 amide bonds. The molecular formula is C14H30N2O2. The number of rotatable bonds is 11. The van der Waals surface area contributed by atoms with E-state index in [4.69, 9.17) is 15.7 Å². The molecule has 0 bridgehead atoms. The van der Waals surface area contributed by atoms with Gasteiger partial charge in [-0.25, -0.2) is 0 Å². The smallest absolute Gasteiger partial charge is 0.144 e. The Morgan fingerprint density at radius 3 is 2.28 bits per heavy atom. The van der Waals surface area contributed by atoms with Gasteiger partial charge in [-0.2, -0.15) is 0 Å². The Kier molecular flexibility index (Phi) is 9.74. The standard InChI is InChI=1S/C14H30N2O2/c1-4-5-6-8-11-18-12-9-7-10-14(2,3)13(15)16-17/h17H,4-12H2,1-3H3,(H2,15,16). The zero-order valence-corrected chi connectivity index (χ0v) is 12.2. The van der Waals surface area contributed by atoms with Crippen LogP contribution in [0.5, 0.6) is 0 Å². The zero-order valence-electron chi connectivity index (χ0n) is 12.2. The monoisotopic (exact) mass is 258 g/mol. The molecule has 0 aliphatic heterocycles. The first-order chi connectivity index (χ1) is 8.54. The second kappa shape index (κ2) is 10.2. The molecule has 0 saturated heterocycles. The Hall–Kier alpha value is -0.770. The molecule has 0 atom stereocenters. The molecule has 18 heavy (non-hydrogen) atoms. The molecule has 4 heteroatoms. The molecule has 0 rings (SSSR count). The van der Waals surface area contributed by atoms with E-state index < -0.39 is 0 Å². The fourth-order valence-electron chi connectivity index (χ4n) is 1.77. The van der Waals surface area contributed by atoms with Crippen LogP contribution in [0.4, 0.5) is 0 Å². The second-order valence-electron chi connectivity index (χ2n) is 5.50. The topological polar surface area (TPSA) is 67.8 Å². The highest BCUT2D eigenvalue weighted by Crippen LogP contribution is 2.23. The van der Waals surface area contributed by atoms with E-state index >= 15 is 0 Å². The van der Waals surface area contributed by atoms with Crippen molar-refractivity contribution in [3.05, 3.63) is 0 Å². The van der Waals surface area contributed by atoms with Crippen LogP contribution in [0.2, 0.25) is 0 Å². The molecule has 0 aromatic carbocycles. The summed E-state index contributed by atoms with van der Waals surface area (Å²) in [5.74, 6) is 0.308. The van der Waals surface area contributed by atoms with Crippen LogP contribution < -0.4 is 5.73 Å². The first-order valence-electron chi connectivity index (χ1n) is 7.10. The first kappa shape index (κ1) is 17.2. The summed E-state index contributed by atoms with van der Waals surface area (Å²) in [5.41, 5.74) is 5.40. The summed E-state index contributed by atoms with van der Waals surface area (Å²) in [4.78, 5) is 0. The predicted octanol–water partition coefficient (Wildman–Crippen LogP) is 3.53. The molecule has 0 aromatic heterocycles. The molecule has 0 fully saturated rings. The third-order valence-electron chi connectivity index (χ3n) is 3.28. The van der Waals surface area contributed by atoms with Gasteiger partial charge in [0.2, 0.25) is 0 Å². The summed E-state index contributed by atoms with van der Waals surface area (Å²) in [7, 11) is 0. The third-order valence-corrected chi connectivity index (χ3v) is 3.28. The Bertz CT molecular complexity index is 228. The van der Waals surface area contributed by atoms with Crippen LogP contribution in [0, 0.1) is 5.41 Å². The first-order valence-corrected chi connectivity index (χ1v) is 7.10. The fraction of sp³-hybridized carbons (Fsp3) is 0.929. The quantitative estimate of drug-likeness (QED) is 0.196. The second-order valence-corrected chi connectivity index (χ2v) is 5.50. The molecule has 108 valence electrons. The van der Waals surface area contributed by atoms with Crippen molar-refractivity contribution in [2.45, 2.75) is 65.7 Å². The van der Waals surface area contributed by atoms with Crippen LogP contribution in [0.15, 0.2) is 5.16 Å². The van der Waals surface area contributed by atoms with Crippen molar-refractivity contribution < 1.29 is 9.94 Å². The number of nitrogens with zero attached hydrogens (tertiary/aromatic N) is 1. The maximum atomic E-state index is 8.65. The minimum absolute atomic E-state index is 0.226. The van der Waals surface area contributed by atoms with Gasteiger partial charge >= 0.3 is 0 Å². The van der Waals surface area contributed by atoms with Crippen LogP contribution in [-0.2, 0) is 4.74 Å². The van der Waals surface area contributed by atoms with Crippen molar-refractivity contribution in [2.24, 2.45) is 16.3 Å². The Morgan fingerprint density at radius 1 is 1.11 bits per heavy atom. The molecule has 0 radical (unpaired) electrons. The van der Waals surface area contributed by atoms with Gasteiger partial charge in [0.15, 0.2) is 0 Å². The largest absolute Gasteiger partial charge is 0.409 e. The number of oxime groups is 1. The van der Waals surface area contributed by atoms with E-state index in [9.17, 15) is 0 Å². The van der Waals surface area contributed by atoms with Crippen LogP contribution in [0.1, 0.15) is 65.7 Å². The molecule has 0 aromatic rings. The van der Waals surface area contributed by atoms with Gasteiger partial charge in [-0.3, -0.25) is 0 Å². The van der Waals surface area contributed by atoms with E-state index in [-0.39, 0.29) is 5.41 Å². The lowest BCUT2D eigenvalue weighted by molar-refractivity contribution is 0.124. The Balaban J connectivity index is 3.40. The predicted molar refractivity (Wildman–Crippen MR) is 76.0 cm³/mol. The van der Waals surface area contributed by atoms with Gasteiger partial charge in [0.1, 0.15) is 5.84 Å². The van der Waals surface area contributed by atoms with Gasteiger partial charge in [0, 0.05) is 18.6 Å². The highest BCUT2D eigenvalue weighted by atomic mass is 16.5. The van der Waals surface area contributed by atoms with E-state index in [1.165, 1.54) is 25.7 Å². The van der Waals surface area contributed by atoms with E-state index in [1.807, 2.05) is 13.8 Å². The van der Waals surface area contributed by atoms with Crippen LogP contribution in [-0.4, -0.2) is 24.3 Å². The zero-order chi connectivity index (χ0) is 13.9. The Labute approximate surface area is 112 Å². The summed E-state index contributed by atoms with van der Waals surface area (Å²) >= 11 is 0. The van der Waals surface area contributed by atoms with Gasteiger partial charge < -0.3 is 15.7 Å². The van der Waals surface area contributed by atoms with E-state index in [0.717, 1.165) is 32.5 Å². The van der Waals surface area contributed by atoms with Crippen molar-refractivity contribution in [1.82, 2.24) is 0 Å². The Morgan fingerprint density at radius 2 is 1.72 bits per heavy atom. The van der Waals surface area contributed by atoms with Crippen molar-refractivity contribution in [2.75, 3.05) is 13.2 Å². The van der Waals surface area contributed by atoms with Crippen molar-refractivity contribution in [1.29, 1.82) is 0 Å². The lowest BCUT2D eigenvalue weighted by Crippen LogP contribution is -2.31. The summed E-state index contributed by atoms with van der Waals surface area (Å²) < 4.78 is 5.57. The number of unbranched alkanes of at least 4 members (excludes halogenated alkanes) is 4. The van der Waals surface area contributed by atoms with Gasteiger partial charge in [-0.05, 0) is 19.3 Å². The summed E-state index contributed by atoms with van der Waals surface area (Å²) in [5, 5.41) is 11.7. The molecule has 0 saturated carbocycles. The lowest BCUT2D eigenvalue weighted by Gasteiger charge is -2.22. The van der Waals surface area contributed by atoms with Crippen molar-refractivity contribution in [3.63, 3.8) is 0 Å². The van der Waals surface area contributed by atoms with Gasteiger partial charge in [0.05, 0.1) is 0 Å². The molecule has 0 aliphatic rings. The average molecular weight is 258 g/mol. The minimum atomic E-state index is -0.226. The fourth-order valence-corrected chi connectivity index (χ4v) is 1.77. The lowest BCUT2D eigenvalue weighted by atomic mass is 9.86. The third kappa shape index (κ3) is 8.34. The highest BCUT2D eigenvalue weighted by Gasteiger charge is 2.22. The number of hydrogen-bond donors (Lipinski definition) is 2. The molecular weight excluding hydrogens is 228 g/mol. The SMILES string of the molecule is CCCCCCOCCCCC(C)(C)C(N)=NO. The maximum Gasteiger partial charge on any atom is 0.144 e. The molecule has 0 unspecified atom stereocenters. The van der Waals surface area contributed by atoms with Gasteiger partial charge in [-0.1, -0.05) is 51.6 Å². The van der Waals surface area contributed by atoms with Crippen LogP contribution >= 0.6 is 0 Å². The summed E-state index contributed by atoms with van der Waals surface area (Å²) in [6.07, 6.45) is 8.01. The van der Waals surface area contributed by atoms with Crippen LogP contribution in [0.25, 0.3) is 0 Å². The van der Waals surface area contributed by atoms with Gasteiger partial charge in [-0.15, -0.1) is 0 Å². The highest BCUT2D eigenvalue weighted by molar-refractivity contribution is 5.85. The molecule has 0 aliphatic carbocycles. The van der Waals surface area contributed by atoms with Crippen molar-refractivity contribution >= 4 is 5.84 Å². The molecule has 4 nitrogen and oxygen atoms in total. The summed E-state index contributed by atoms with van der Waals surface area (Å²) in [6.45, 7) is 7.90. The number of amidine groups is 1. The number of hydrogen-bond acceptors (Lipinski definition) is 3. The number of ether oxygens (including phenoxy) is 1. The number of nitrogens with two attached hydrogens (primary N) is 1. The molecule has 3 N–H and O–H groups in total. The van der Waals surface area contributed by atoms with Crippen LogP contribution in [0.3, 0.4) is 0 Å². The molecule has 0 spiro atoms. The maximum absolute atomic E-state index is 8.65. The normalized spacial score (nSPS) is 12.9. The van der Waals surface area contributed by atoms with E-state index in [1.54, 1.807) is 0 Å². The van der Waals surface area contributed by atoms with E-state index in [0.29, 0.717) is 5.84 Å². The summed E-state index contributed by atoms with van der Waals surface area (Å²) in [6, 6.07) is 0. The van der Waals surface area contributed by atoms with Crippen molar-refractivity contribution in [3.8, 4) is 0 Å². The van der Waals surface area contributed by atoms with Gasteiger partial charge in [0.25, 0.3) is 0 Å². The van der Waals surface area contributed by atoms with E-state index in [2.05, 4.69) is 12.1 Å².